The van der Waals surface area contributed by atoms with Crippen LogP contribution in [0.25, 0.3) is 0 Å². The summed E-state index contributed by atoms with van der Waals surface area (Å²) in [6.45, 7) is 12.0. The first-order chi connectivity index (χ1) is 5.93. The molecular weight excluding hydrogens is 156 g/mol. The second kappa shape index (κ2) is 4.02. The molecule has 0 spiro atoms. The molecule has 0 aromatic heterocycles. The zero-order valence-corrected chi connectivity index (χ0v) is 10.1. The summed E-state index contributed by atoms with van der Waals surface area (Å²) in [6, 6.07) is 0. The van der Waals surface area contributed by atoms with E-state index >= 15 is 0 Å². The topological polar surface area (TPSA) is 0 Å². The van der Waals surface area contributed by atoms with Crippen LogP contribution >= 0.6 is 0 Å². The lowest BCUT2D eigenvalue weighted by Gasteiger charge is -2.22. The SMILES string of the molecule is CC(CC(C)C(C)C)CC1(C)CC1. The van der Waals surface area contributed by atoms with Gasteiger partial charge in [-0.3, -0.25) is 0 Å². The Morgan fingerprint density at radius 1 is 1.08 bits per heavy atom. The molecule has 78 valence electrons. The predicted octanol–water partition coefficient (Wildman–Crippen LogP) is 4.49. The fraction of sp³-hybridized carbons (Fsp3) is 1.00. The van der Waals surface area contributed by atoms with Crippen molar-refractivity contribution in [1.82, 2.24) is 0 Å². The van der Waals surface area contributed by atoms with Crippen LogP contribution in [-0.4, -0.2) is 0 Å². The molecule has 2 unspecified atom stereocenters. The summed E-state index contributed by atoms with van der Waals surface area (Å²) < 4.78 is 0. The molecule has 0 N–H and O–H groups in total. The van der Waals surface area contributed by atoms with Gasteiger partial charge < -0.3 is 0 Å². The summed E-state index contributed by atoms with van der Waals surface area (Å²) in [4.78, 5) is 0. The van der Waals surface area contributed by atoms with Gasteiger partial charge in [0.05, 0.1) is 0 Å². The fourth-order valence-electron chi connectivity index (χ4n) is 2.25. The first-order valence-corrected chi connectivity index (χ1v) is 5.93. The van der Waals surface area contributed by atoms with Gasteiger partial charge in [-0.05, 0) is 48.9 Å². The molecule has 1 aliphatic carbocycles. The van der Waals surface area contributed by atoms with Crippen molar-refractivity contribution < 1.29 is 0 Å². The van der Waals surface area contributed by atoms with Crippen molar-refractivity contribution in [2.75, 3.05) is 0 Å². The quantitative estimate of drug-likeness (QED) is 0.587. The van der Waals surface area contributed by atoms with Crippen LogP contribution in [0, 0.1) is 23.2 Å². The van der Waals surface area contributed by atoms with Gasteiger partial charge >= 0.3 is 0 Å². The van der Waals surface area contributed by atoms with E-state index in [1.807, 2.05) is 0 Å². The van der Waals surface area contributed by atoms with Crippen LogP contribution < -0.4 is 0 Å². The summed E-state index contributed by atoms with van der Waals surface area (Å²) in [7, 11) is 0. The van der Waals surface area contributed by atoms with Gasteiger partial charge in [0, 0.05) is 0 Å². The lowest BCUT2D eigenvalue weighted by atomic mass is 9.84. The largest absolute Gasteiger partial charge is 0.0625 e. The Hall–Kier alpha value is 0. The summed E-state index contributed by atoms with van der Waals surface area (Å²) in [5.41, 5.74) is 0.746. The maximum Gasteiger partial charge on any atom is -0.0323 e. The van der Waals surface area contributed by atoms with Gasteiger partial charge in [-0.25, -0.2) is 0 Å². The lowest BCUT2D eigenvalue weighted by molar-refractivity contribution is 0.288. The van der Waals surface area contributed by atoms with Crippen LogP contribution in [-0.2, 0) is 0 Å². The van der Waals surface area contributed by atoms with Crippen molar-refractivity contribution in [3.63, 3.8) is 0 Å². The third-order valence-electron chi connectivity index (χ3n) is 3.86. The Balaban J connectivity index is 2.20. The molecule has 0 aromatic rings. The van der Waals surface area contributed by atoms with Gasteiger partial charge in [0.15, 0.2) is 0 Å². The highest BCUT2D eigenvalue weighted by Gasteiger charge is 2.38. The second-order valence-corrected chi connectivity index (χ2v) is 6.08. The van der Waals surface area contributed by atoms with Crippen molar-refractivity contribution >= 4 is 0 Å². The van der Waals surface area contributed by atoms with Gasteiger partial charge in [0.2, 0.25) is 0 Å². The van der Waals surface area contributed by atoms with Crippen molar-refractivity contribution in [1.29, 1.82) is 0 Å². The first kappa shape index (κ1) is 11.1. The molecule has 0 heterocycles. The Bertz CT molecular complexity index is 153. The highest BCUT2D eigenvalue weighted by molar-refractivity contribution is 4.89. The van der Waals surface area contributed by atoms with Crippen molar-refractivity contribution in [3.8, 4) is 0 Å². The predicted molar refractivity (Wildman–Crippen MR) is 59.7 cm³/mol. The molecule has 0 radical (unpaired) electrons. The van der Waals surface area contributed by atoms with E-state index in [9.17, 15) is 0 Å². The summed E-state index contributed by atoms with van der Waals surface area (Å²) in [5.74, 6) is 2.69. The zero-order chi connectivity index (χ0) is 10.1. The normalized spacial score (nSPS) is 24.5. The third kappa shape index (κ3) is 3.70. The van der Waals surface area contributed by atoms with Crippen LogP contribution in [0.3, 0.4) is 0 Å². The van der Waals surface area contributed by atoms with Crippen molar-refractivity contribution in [2.45, 2.75) is 60.3 Å². The highest BCUT2D eigenvalue weighted by atomic mass is 14.4. The van der Waals surface area contributed by atoms with Crippen LogP contribution in [0.15, 0.2) is 0 Å². The molecule has 0 nitrogen and oxygen atoms in total. The Kier molecular flexibility index (Phi) is 3.43. The Morgan fingerprint density at radius 2 is 1.62 bits per heavy atom. The molecule has 0 aromatic carbocycles. The molecular formula is C13H26. The van der Waals surface area contributed by atoms with E-state index in [2.05, 4.69) is 34.6 Å². The van der Waals surface area contributed by atoms with E-state index in [0.717, 1.165) is 23.2 Å². The minimum atomic E-state index is 0.746. The molecule has 1 rings (SSSR count). The highest BCUT2D eigenvalue weighted by Crippen LogP contribution is 2.50. The lowest BCUT2D eigenvalue weighted by Crippen LogP contribution is -2.11. The van der Waals surface area contributed by atoms with Crippen LogP contribution in [0.2, 0.25) is 0 Å². The van der Waals surface area contributed by atoms with Gasteiger partial charge in [-0.2, -0.15) is 0 Å². The molecule has 0 bridgehead atoms. The monoisotopic (exact) mass is 182 g/mol. The van der Waals surface area contributed by atoms with E-state index in [-0.39, 0.29) is 0 Å². The number of hydrogen-bond acceptors (Lipinski definition) is 0. The van der Waals surface area contributed by atoms with E-state index in [0.29, 0.717) is 0 Å². The first-order valence-electron chi connectivity index (χ1n) is 5.93. The third-order valence-corrected chi connectivity index (χ3v) is 3.86. The average molecular weight is 182 g/mol. The summed E-state index contributed by atoms with van der Waals surface area (Å²) in [6.07, 6.45) is 5.85. The Labute approximate surface area is 84.1 Å². The minimum Gasteiger partial charge on any atom is -0.0625 e. The summed E-state index contributed by atoms with van der Waals surface area (Å²) in [5, 5.41) is 0. The van der Waals surface area contributed by atoms with E-state index in [4.69, 9.17) is 0 Å². The number of hydrogen-bond donors (Lipinski definition) is 0. The summed E-state index contributed by atoms with van der Waals surface area (Å²) >= 11 is 0. The molecule has 0 heteroatoms. The van der Waals surface area contributed by atoms with Gasteiger partial charge in [-0.15, -0.1) is 0 Å². The smallest absolute Gasteiger partial charge is 0.0323 e. The second-order valence-electron chi connectivity index (χ2n) is 6.08. The Morgan fingerprint density at radius 3 is 2.00 bits per heavy atom. The van der Waals surface area contributed by atoms with Gasteiger partial charge in [-0.1, -0.05) is 34.6 Å². The van der Waals surface area contributed by atoms with Gasteiger partial charge in [0.25, 0.3) is 0 Å². The minimum absolute atomic E-state index is 0.746. The molecule has 1 aliphatic rings. The molecule has 13 heavy (non-hydrogen) atoms. The van der Waals surface area contributed by atoms with E-state index in [1.165, 1.54) is 25.7 Å². The maximum atomic E-state index is 2.45. The van der Waals surface area contributed by atoms with Crippen LogP contribution in [0.1, 0.15) is 60.3 Å². The fourth-order valence-corrected chi connectivity index (χ4v) is 2.25. The van der Waals surface area contributed by atoms with E-state index in [1.54, 1.807) is 0 Å². The van der Waals surface area contributed by atoms with Crippen LogP contribution in [0.4, 0.5) is 0 Å². The zero-order valence-electron chi connectivity index (χ0n) is 10.1. The van der Waals surface area contributed by atoms with Crippen molar-refractivity contribution in [2.24, 2.45) is 23.2 Å². The molecule has 0 saturated heterocycles. The molecule has 1 fully saturated rings. The van der Waals surface area contributed by atoms with Crippen molar-refractivity contribution in [3.05, 3.63) is 0 Å². The molecule has 0 amide bonds. The average Bonchev–Trinajstić information content (AvgIpc) is 2.66. The van der Waals surface area contributed by atoms with Crippen LogP contribution in [0.5, 0.6) is 0 Å². The van der Waals surface area contributed by atoms with Gasteiger partial charge in [0.1, 0.15) is 0 Å². The standard InChI is InChI=1S/C13H26/c1-10(2)12(4)8-11(3)9-13(5)6-7-13/h10-12H,6-9H2,1-5H3. The molecule has 2 atom stereocenters. The van der Waals surface area contributed by atoms with E-state index < -0.39 is 0 Å². The number of rotatable bonds is 5. The maximum absolute atomic E-state index is 2.45. The molecule has 1 saturated carbocycles. The molecule has 0 aliphatic heterocycles.